The van der Waals surface area contributed by atoms with Gasteiger partial charge in [-0.3, -0.25) is 24.6 Å². The SMILES string of the molecule is CC(C)(C)CC(=O)N(CCN1CCOCC1)CC(=O)N1N=C(c2cccs2)CC1c1cccc([N+](=O)[O-])c1. The van der Waals surface area contributed by atoms with Crippen molar-refractivity contribution in [3.8, 4) is 0 Å². The minimum Gasteiger partial charge on any atom is -0.379 e. The van der Waals surface area contributed by atoms with Gasteiger partial charge in [-0.2, -0.15) is 5.10 Å². The van der Waals surface area contributed by atoms with E-state index in [4.69, 9.17) is 4.74 Å². The molecule has 3 heterocycles. The predicted octanol–water partition coefficient (Wildman–Crippen LogP) is 3.93. The van der Waals surface area contributed by atoms with E-state index in [2.05, 4.69) is 10.0 Å². The number of hydrazone groups is 1. The van der Waals surface area contributed by atoms with Gasteiger partial charge in [0.25, 0.3) is 11.6 Å². The van der Waals surface area contributed by atoms with E-state index in [1.165, 1.54) is 28.5 Å². The first kappa shape index (κ1) is 27.9. The summed E-state index contributed by atoms with van der Waals surface area (Å²) in [6.45, 7) is 9.90. The van der Waals surface area contributed by atoms with Gasteiger partial charge in [0.2, 0.25) is 5.91 Å². The maximum Gasteiger partial charge on any atom is 0.269 e. The molecule has 1 aromatic carbocycles. The van der Waals surface area contributed by atoms with Crippen LogP contribution in [0.5, 0.6) is 0 Å². The average molecular weight is 542 g/mol. The fourth-order valence-corrected chi connectivity index (χ4v) is 5.34. The van der Waals surface area contributed by atoms with E-state index in [9.17, 15) is 19.7 Å². The van der Waals surface area contributed by atoms with Gasteiger partial charge < -0.3 is 9.64 Å². The summed E-state index contributed by atoms with van der Waals surface area (Å²) >= 11 is 1.53. The molecule has 2 aromatic rings. The third-order valence-corrected chi connectivity index (χ3v) is 7.51. The number of nitrogens with zero attached hydrogens (tertiary/aromatic N) is 5. The predicted molar refractivity (Wildman–Crippen MR) is 146 cm³/mol. The number of rotatable bonds is 9. The lowest BCUT2D eigenvalue weighted by Gasteiger charge is -2.32. The molecule has 2 aliphatic heterocycles. The molecule has 0 aliphatic carbocycles. The van der Waals surface area contributed by atoms with Crippen molar-refractivity contribution < 1.29 is 19.2 Å². The molecule has 38 heavy (non-hydrogen) atoms. The molecule has 0 saturated carbocycles. The van der Waals surface area contributed by atoms with E-state index in [1.807, 2.05) is 38.3 Å². The van der Waals surface area contributed by atoms with Crippen molar-refractivity contribution in [3.63, 3.8) is 0 Å². The number of non-ortho nitro benzene ring substituents is 1. The second kappa shape index (κ2) is 12.1. The van der Waals surface area contributed by atoms with Gasteiger partial charge in [0, 0.05) is 51.2 Å². The Morgan fingerprint density at radius 3 is 2.63 bits per heavy atom. The minimum absolute atomic E-state index is 0.0352. The highest BCUT2D eigenvalue weighted by Crippen LogP contribution is 2.35. The van der Waals surface area contributed by atoms with Gasteiger partial charge >= 0.3 is 0 Å². The molecular formula is C27H35N5O5S. The van der Waals surface area contributed by atoms with Crippen LogP contribution in [0.15, 0.2) is 46.9 Å². The van der Waals surface area contributed by atoms with Crippen LogP contribution < -0.4 is 0 Å². The molecule has 1 fully saturated rings. The van der Waals surface area contributed by atoms with Crippen molar-refractivity contribution in [1.29, 1.82) is 0 Å². The molecule has 2 amide bonds. The van der Waals surface area contributed by atoms with Gasteiger partial charge in [-0.15, -0.1) is 11.3 Å². The van der Waals surface area contributed by atoms with E-state index in [-0.39, 0.29) is 29.5 Å². The Morgan fingerprint density at radius 2 is 1.97 bits per heavy atom. The van der Waals surface area contributed by atoms with Crippen LogP contribution in [0.1, 0.15) is 50.1 Å². The Hall–Kier alpha value is -3.15. The van der Waals surface area contributed by atoms with Crippen LogP contribution in [0.2, 0.25) is 0 Å². The Kier molecular flexibility index (Phi) is 8.91. The number of amides is 2. The molecular weight excluding hydrogens is 506 g/mol. The third-order valence-electron chi connectivity index (χ3n) is 6.59. The number of ether oxygens (including phenoxy) is 1. The van der Waals surface area contributed by atoms with Gasteiger partial charge in [-0.25, -0.2) is 5.01 Å². The molecule has 10 nitrogen and oxygen atoms in total. The monoisotopic (exact) mass is 541 g/mol. The summed E-state index contributed by atoms with van der Waals surface area (Å²) in [6.07, 6.45) is 0.762. The van der Waals surface area contributed by atoms with Crippen LogP contribution in [0.25, 0.3) is 0 Å². The van der Waals surface area contributed by atoms with E-state index in [0.717, 1.165) is 23.7 Å². The normalized spacial score (nSPS) is 18.3. The molecule has 0 N–H and O–H groups in total. The second-order valence-electron chi connectivity index (χ2n) is 10.8. The lowest BCUT2D eigenvalue weighted by Crippen LogP contribution is -2.47. The Labute approximate surface area is 227 Å². The highest BCUT2D eigenvalue weighted by atomic mass is 32.1. The van der Waals surface area contributed by atoms with Gasteiger partial charge in [0.05, 0.1) is 34.8 Å². The summed E-state index contributed by atoms with van der Waals surface area (Å²) in [5.41, 5.74) is 1.14. The quantitative estimate of drug-likeness (QED) is 0.352. The zero-order chi connectivity index (χ0) is 27.3. The van der Waals surface area contributed by atoms with Crippen molar-refractivity contribution in [3.05, 3.63) is 62.3 Å². The number of hydrogen-bond acceptors (Lipinski definition) is 8. The first-order chi connectivity index (χ1) is 18.1. The summed E-state index contributed by atoms with van der Waals surface area (Å²) < 4.78 is 5.43. The molecule has 0 radical (unpaired) electrons. The number of thiophene rings is 1. The molecule has 204 valence electrons. The minimum atomic E-state index is -0.488. The fraction of sp³-hybridized carbons (Fsp3) is 0.519. The van der Waals surface area contributed by atoms with Crippen molar-refractivity contribution in [2.45, 2.75) is 39.7 Å². The van der Waals surface area contributed by atoms with Crippen LogP contribution in [-0.2, 0) is 14.3 Å². The molecule has 0 bridgehead atoms. The number of carbonyl (C=O) groups is 2. The average Bonchev–Trinajstić information content (AvgIpc) is 3.56. The summed E-state index contributed by atoms with van der Waals surface area (Å²) in [5, 5.41) is 19.5. The Bertz CT molecular complexity index is 1170. The largest absolute Gasteiger partial charge is 0.379 e. The van der Waals surface area contributed by atoms with E-state index in [1.54, 1.807) is 17.0 Å². The molecule has 4 rings (SSSR count). The Morgan fingerprint density at radius 1 is 1.21 bits per heavy atom. The maximum atomic E-state index is 13.8. The molecule has 2 aliphatic rings. The van der Waals surface area contributed by atoms with Crippen molar-refractivity contribution in [1.82, 2.24) is 14.8 Å². The van der Waals surface area contributed by atoms with Crippen molar-refractivity contribution in [2.24, 2.45) is 10.5 Å². The standard InChI is InChI=1S/C27H35N5O5S/c1-27(2,3)18-25(33)30(10-9-29-11-13-37-14-12-29)19-26(34)31-23(17-22(28-31)24-8-5-15-38-24)20-6-4-7-21(16-20)32(35)36/h4-8,15-16,23H,9-14,17-19H2,1-3H3. The number of hydrogen-bond donors (Lipinski definition) is 0. The summed E-state index contributed by atoms with van der Waals surface area (Å²) in [5.74, 6) is -0.384. The number of nitro groups is 1. The number of morpholine rings is 1. The highest BCUT2D eigenvalue weighted by Gasteiger charge is 2.35. The summed E-state index contributed by atoms with van der Waals surface area (Å²) in [6, 6.07) is 9.73. The smallest absolute Gasteiger partial charge is 0.269 e. The van der Waals surface area contributed by atoms with Crippen LogP contribution >= 0.6 is 11.3 Å². The first-order valence-electron chi connectivity index (χ1n) is 12.9. The number of nitro benzene ring substituents is 1. The van der Waals surface area contributed by atoms with Gasteiger partial charge in [0.1, 0.15) is 6.54 Å². The highest BCUT2D eigenvalue weighted by molar-refractivity contribution is 7.12. The lowest BCUT2D eigenvalue weighted by molar-refractivity contribution is -0.385. The molecule has 11 heteroatoms. The van der Waals surface area contributed by atoms with Crippen LogP contribution in [0, 0.1) is 15.5 Å². The van der Waals surface area contributed by atoms with Crippen molar-refractivity contribution in [2.75, 3.05) is 45.9 Å². The second-order valence-corrected chi connectivity index (χ2v) is 11.8. The van der Waals surface area contributed by atoms with Crippen LogP contribution in [-0.4, -0.2) is 83.2 Å². The van der Waals surface area contributed by atoms with E-state index < -0.39 is 11.0 Å². The van der Waals surface area contributed by atoms with E-state index in [0.29, 0.717) is 44.7 Å². The summed E-state index contributed by atoms with van der Waals surface area (Å²) in [4.78, 5) is 42.9. The number of carbonyl (C=O) groups excluding carboxylic acids is 2. The first-order valence-corrected chi connectivity index (χ1v) is 13.7. The van der Waals surface area contributed by atoms with Gasteiger partial charge in [0.15, 0.2) is 0 Å². The van der Waals surface area contributed by atoms with Crippen LogP contribution in [0.4, 0.5) is 5.69 Å². The van der Waals surface area contributed by atoms with Gasteiger partial charge in [-0.1, -0.05) is 39.0 Å². The summed E-state index contributed by atoms with van der Waals surface area (Å²) in [7, 11) is 0. The van der Waals surface area contributed by atoms with Gasteiger partial charge in [-0.05, 0) is 22.4 Å². The van der Waals surface area contributed by atoms with Crippen molar-refractivity contribution >= 4 is 34.6 Å². The molecule has 1 aromatic heterocycles. The molecule has 0 spiro atoms. The molecule has 1 unspecified atom stereocenters. The van der Waals surface area contributed by atoms with Crippen LogP contribution in [0.3, 0.4) is 0 Å². The maximum absolute atomic E-state index is 13.8. The molecule has 1 atom stereocenters. The fourth-order valence-electron chi connectivity index (χ4n) is 4.62. The van der Waals surface area contributed by atoms with E-state index >= 15 is 0 Å². The zero-order valence-corrected chi connectivity index (χ0v) is 23.0. The lowest BCUT2D eigenvalue weighted by atomic mass is 9.91. The zero-order valence-electron chi connectivity index (χ0n) is 22.2. The number of benzene rings is 1. The molecule has 1 saturated heterocycles. The topological polar surface area (TPSA) is 109 Å². The third kappa shape index (κ3) is 7.24. The Balaban J connectivity index is 1.57.